The second kappa shape index (κ2) is 8.61. The predicted octanol–water partition coefficient (Wildman–Crippen LogP) is 3.14. The molecular weight excluding hydrogens is 427 g/mol. The monoisotopic (exact) mass is 450 g/mol. The minimum Gasteiger partial charge on any atom is -0.338 e. The van der Waals surface area contributed by atoms with E-state index >= 15 is 0 Å². The van der Waals surface area contributed by atoms with E-state index in [0.717, 1.165) is 25.7 Å². The summed E-state index contributed by atoms with van der Waals surface area (Å²) in [7, 11) is 0. The Labute approximate surface area is 188 Å². The van der Waals surface area contributed by atoms with E-state index in [-0.39, 0.29) is 30.2 Å². The van der Waals surface area contributed by atoms with E-state index < -0.39 is 11.5 Å². The number of hydrogen-bond donors (Lipinski definition) is 0. The van der Waals surface area contributed by atoms with Crippen LogP contribution in [0.25, 0.3) is 28.5 Å². The predicted molar refractivity (Wildman–Crippen MR) is 118 cm³/mol. The van der Waals surface area contributed by atoms with Crippen LogP contribution in [0.3, 0.4) is 0 Å². The summed E-state index contributed by atoms with van der Waals surface area (Å²) < 4.78 is 21.5. The fourth-order valence-corrected chi connectivity index (χ4v) is 4.36. The van der Waals surface area contributed by atoms with Crippen molar-refractivity contribution in [2.24, 2.45) is 0 Å². The first-order valence-electron chi connectivity index (χ1n) is 11.0. The summed E-state index contributed by atoms with van der Waals surface area (Å²) in [4.78, 5) is 32.1. The molecule has 5 rings (SSSR count). The van der Waals surface area contributed by atoms with E-state index in [0.29, 0.717) is 23.3 Å². The van der Waals surface area contributed by atoms with Crippen LogP contribution in [0.4, 0.5) is 4.39 Å². The van der Waals surface area contributed by atoms with E-state index in [1.165, 1.54) is 21.2 Å². The first-order valence-corrected chi connectivity index (χ1v) is 11.0. The van der Waals surface area contributed by atoms with Gasteiger partial charge in [0.05, 0.1) is 5.56 Å². The molecule has 0 radical (unpaired) electrons. The summed E-state index contributed by atoms with van der Waals surface area (Å²) in [5.41, 5.74) is 0.795. The molecule has 1 saturated heterocycles. The Balaban J connectivity index is 1.47. The van der Waals surface area contributed by atoms with Gasteiger partial charge >= 0.3 is 5.69 Å². The number of carbonyl (C=O) groups is 1. The van der Waals surface area contributed by atoms with Crippen molar-refractivity contribution >= 4 is 11.6 Å². The summed E-state index contributed by atoms with van der Waals surface area (Å²) in [6, 6.07) is 9.45. The third kappa shape index (κ3) is 3.92. The highest BCUT2D eigenvalue weighted by Gasteiger charge is 2.26. The lowest BCUT2D eigenvalue weighted by molar-refractivity contribution is -0.135. The number of carbonyl (C=O) groups excluding carboxylic acids is 1. The molecule has 1 unspecified atom stereocenters. The second-order valence-corrected chi connectivity index (χ2v) is 8.13. The van der Waals surface area contributed by atoms with Crippen molar-refractivity contribution in [3.05, 3.63) is 58.9 Å². The maximum Gasteiger partial charge on any atom is 0.350 e. The van der Waals surface area contributed by atoms with Crippen molar-refractivity contribution in [1.29, 1.82) is 0 Å². The molecule has 10 heteroatoms. The van der Waals surface area contributed by atoms with Gasteiger partial charge in [-0.3, -0.25) is 4.79 Å². The molecule has 1 aliphatic heterocycles. The number of rotatable bonds is 5. The number of piperidine rings is 1. The molecule has 0 saturated carbocycles. The highest BCUT2D eigenvalue weighted by molar-refractivity contribution is 5.77. The maximum atomic E-state index is 13.6. The number of likely N-dealkylation sites (tertiary alicyclic amines) is 1. The molecule has 0 N–H and O–H groups in total. The van der Waals surface area contributed by atoms with Crippen LogP contribution in [-0.2, 0) is 11.3 Å². The molecule has 170 valence electrons. The van der Waals surface area contributed by atoms with E-state index in [4.69, 9.17) is 4.52 Å². The van der Waals surface area contributed by atoms with E-state index in [9.17, 15) is 14.0 Å². The third-order valence-corrected chi connectivity index (χ3v) is 6.05. The van der Waals surface area contributed by atoms with E-state index in [1.807, 2.05) is 4.90 Å². The number of hydrogen-bond acceptors (Lipinski definition) is 6. The smallest absolute Gasteiger partial charge is 0.338 e. The van der Waals surface area contributed by atoms with Crippen LogP contribution in [0.5, 0.6) is 0 Å². The first kappa shape index (κ1) is 21.0. The molecule has 4 heterocycles. The van der Waals surface area contributed by atoms with Gasteiger partial charge in [-0.05, 0) is 49.9 Å². The van der Waals surface area contributed by atoms with Crippen molar-refractivity contribution in [2.75, 3.05) is 6.54 Å². The van der Waals surface area contributed by atoms with Crippen molar-refractivity contribution in [2.45, 2.75) is 45.2 Å². The number of halogens is 1. The van der Waals surface area contributed by atoms with Crippen molar-refractivity contribution < 1.29 is 13.7 Å². The first-order chi connectivity index (χ1) is 16.0. The van der Waals surface area contributed by atoms with E-state index in [2.05, 4.69) is 22.2 Å². The van der Waals surface area contributed by atoms with Crippen LogP contribution in [0.2, 0.25) is 0 Å². The number of fused-ring (bicyclic) bond motifs is 1. The average molecular weight is 450 g/mol. The lowest BCUT2D eigenvalue weighted by Crippen LogP contribution is -2.45. The summed E-state index contributed by atoms with van der Waals surface area (Å²) in [6.07, 6.45) is 5.53. The zero-order chi connectivity index (χ0) is 22.9. The zero-order valence-corrected chi connectivity index (χ0v) is 18.1. The van der Waals surface area contributed by atoms with Gasteiger partial charge < -0.3 is 9.42 Å². The number of pyridine rings is 1. The van der Waals surface area contributed by atoms with Gasteiger partial charge in [-0.1, -0.05) is 24.2 Å². The molecule has 1 fully saturated rings. The van der Waals surface area contributed by atoms with E-state index in [1.54, 1.807) is 30.5 Å². The van der Waals surface area contributed by atoms with Gasteiger partial charge in [0.1, 0.15) is 12.4 Å². The Kier molecular flexibility index (Phi) is 5.49. The minimum atomic E-state index is -0.421. The van der Waals surface area contributed by atoms with Gasteiger partial charge in [0.25, 0.3) is 5.89 Å². The van der Waals surface area contributed by atoms with Gasteiger partial charge in [0, 0.05) is 24.3 Å². The van der Waals surface area contributed by atoms with Crippen LogP contribution >= 0.6 is 0 Å². The third-order valence-electron chi connectivity index (χ3n) is 6.05. The standard InChI is InChI=1S/C23H23FN6O3/c1-2-17-9-3-4-11-28(17)19(31)14-30-23(32)29-12-6-10-18(21(29)26-30)22-25-20(27-33-22)15-7-5-8-16(24)13-15/h5-8,10,12-13,17H,2-4,9,11,14H2,1H3. The molecular formula is C23H23FN6O3. The lowest BCUT2D eigenvalue weighted by Gasteiger charge is -2.35. The molecule has 1 aliphatic rings. The van der Waals surface area contributed by atoms with Gasteiger partial charge in [0.15, 0.2) is 5.65 Å². The number of amides is 1. The van der Waals surface area contributed by atoms with Gasteiger partial charge in [0.2, 0.25) is 11.7 Å². The normalized spacial score (nSPS) is 16.4. The minimum absolute atomic E-state index is 0.111. The lowest BCUT2D eigenvalue weighted by atomic mass is 10.00. The maximum absolute atomic E-state index is 13.6. The summed E-state index contributed by atoms with van der Waals surface area (Å²) in [5.74, 6) is -0.153. The quantitative estimate of drug-likeness (QED) is 0.463. The van der Waals surface area contributed by atoms with Gasteiger partial charge in [-0.15, -0.1) is 5.10 Å². The molecule has 9 nitrogen and oxygen atoms in total. The fraction of sp³-hybridized carbons (Fsp3) is 0.348. The van der Waals surface area contributed by atoms with Gasteiger partial charge in [-0.25, -0.2) is 18.3 Å². The van der Waals surface area contributed by atoms with Crippen LogP contribution in [0, 0.1) is 5.82 Å². The molecule has 33 heavy (non-hydrogen) atoms. The largest absolute Gasteiger partial charge is 0.350 e. The topological polar surface area (TPSA) is 98.5 Å². The molecule has 3 aromatic heterocycles. The molecule has 1 atom stereocenters. The molecule has 0 aliphatic carbocycles. The SMILES string of the molecule is CCC1CCCCN1C(=O)Cn1nc2c(-c3nc(-c4cccc(F)c4)no3)cccn2c1=O. The number of aromatic nitrogens is 5. The van der Waals surface area contributed by atoms with Crippen LogP contribution in [0.1, 0.15) is 32.6 Å². The number of benzene rings is 1. The Morgan fingerprint density at radius 2 is 2.12 bits per heavy atom. The number of nitrogens with zero attached hydrogens (tertiary/aromatic N) is 6. The van der Waals surface area contributed by atoms with Gasteiger partial charge in [-0.2, -0.15) is 4.98 Å². The Bertz CT molecular complexity index is 1370. The second-order valence-electron chi connectivity index (χ2n) is 8.13. The summed E-state index contributed by atoms with van der Waals surface area (Å²) in [5, 5.41) is 8.33. The van der Waals surface area contributed by atoms with Crippen molar-refractivity contribution in [3.8, 4) is 22.8 Å². The summed E-state index contributed by atoms with van der Waals surface area (Å²) >= 11 is 0. The van der Waals surface area contributed by atoms with Crippen molar-refractivity contribution in [1.82, 2.24) is 29.2 Å². The Morgan fingerprint density at radius 1 is 1.24 bits per heavy atom. The van der Waals surface area contributed by atoms with Crippen LogP contribution in [-0.4, -0.2) is 47.7 Å². The van der Waals surface area contributed by atoms with Crippen LogP contribution < -0.4 is 5.69 Å². The Morgan fingerprint density at radius 3 is 2.94 bits per heavy atom. The highest BCUT2D eigenvalue weighted by atomic mass is 19.1. The van der Waals surface area contributed by atoms with Crippen molar-refractivity contribution in [3.63, 3.8) is 0 Å². The van der Waals surface area contributed by atoms with Crippen LogP contribution in [0.15, 0.2) is 51.9 Å². The zero-order valence-electron chi connectivity index (χ0n) is 18.1. The molecule has 0 spiro atoms. The Hall–Kier alpha value is -3.82. The highest BCUT2D eigenvalue weighted by Crippen LogP contribution is 2.25. The summed E-state index contributed by atoms with van der Waals surface area (Å²) in [6.45, 7) is 2.65. The molecule has 1 amide bonds. The molecule has 4 aromatic rings. The molecule has 1 aromatic carbocycles. The average Bonchev–Trinajstić information content (AvgIpc) is 3.44. The molecule has 0 bridgehead atoms. The fourth-order valence-electron chi connectivity index (χ4n) is 4.36.